The van der Waals surface area contributed by atoms with Crippen molar-refractivity contribution in [3.05, 3.63) is 59.7 Å². The molecule has 2 aromatic rings. The lowest BCUT2D eigenvalue weighted by molar-refractivity contribution is 1.03. The number of nitrogens with one attached hydrogen (secondary N) is 1. The van der Waals surface area contributed by atoms with Crippen molar-refractivity contribution < 1.29 is 0 Å². The molecule has 0 aliphatic heterocycles. The van der Waals surface area contributed by atoms with Crippen LogP contribution >= 0.6 is 0 Å². The van der Waals surface area contributed by atoms with Gasteiger partial charge >= 0.3 is 0 Å². The molecule has 0 saturated carbocycles. The van der Waals surface area contributed by atoms with Crippen molar-refractivity contribution in [2.24, 2.45) is 0 Å². The highest BCUT2D eigenvalue weighted by atomic mass is 14.9. The number of imidazole rings is 1. The molecule has 1 aromatic heterocycles. The molecule has 0 aliphatic carbocycles. The zero-order valence-electron chi connectivity index (χ0n) is 8.72. The van der Waals surface area contributed by atoms with Crippen LogP contribution in [0, 0.1) is 11.3 Å². The Hall–Kier alpha value is -2.34. The largest absolute Gasteiger partial charge is 0.348 e. The number of H-pyrrole nitrogens is 1. The predicted molar refractivity (Wildman–Crippen MR) is 62.5 cm³/mol. The molecule has 1 N–H and O–H groups in total. The summed E-state index contributed by atoms with van der Waals surface area (Å²) in [5.74, 6) is 0.959. The van der Waals surface area contributed by atoms with Crippen molar-refractivity contribution in [3.8, 4) is 6.07 Å². The van der Waals surface area contributed by atoms with Crippen LogP contribution in [0.4, 0.5) is 0 Å². The Kier molecular flexibility index (Phi) is 3.15. The fourth-order valence-electron chi connectivity index (χ4n) is 1.47. The molecule has 0 atom stereocenters. The molecule has 1 aromatic carbocycles. The minimum absolute atomic E-state index is 0.801. The Bertz CT molecular complexity index is 501. The van der Waals surface area contributed by atoms with Crippen molar-refractivity contribution in [3.63, 3.8) is 0 Å². The van der Waals surface area contributed by atoms with E-state index in [1.54, 1.807) is 12.3 Å². The number of aromatic nitrogens is 2. The average molecular weight is 209 g/mol. The molecular formula is C13H11N3. The van der Waals surface area contributed by atoms with E-state index in [1.165, 1.54) is 11.6 Å². The molecule has 0 aliphatic rings. The molecule has 1 heterocycles. The van der Waals surface area contributed by atoms with E-state index in [-0.39, 0.29) is 0 Å². The van der Waals surface area contributed by atoms with Gasteiger partial charge in [0.2, 0.25) is 0 Å². The van der Waals surface area contributed by atoms with Crippen LogP contribution in [0.1, 0.15) is 17.0 Å². The van der Waals surface area contributed by atoms with Crippen LogP contribution in [-0.2, 0) is 6.42 Å². The molecular weight excluding hydrogens is 198 g/mol. The fraction of sp³-hybridized carbons (Fsp3) is 0.0769. The summed E-state index contributed by atoms with van der Waals surface area (Å²) in [6.45, 7) is 0. The third-order valence-corrected chi connectivity index (χ3v) is 2.26. The molecule has 0 unspecified atom stereocenters. The number of nitriles is 1. The van der Waals surface area contributed by atoms with E-state index in [0.717, 1.165) is 17.8 Å². The number of hydrogen-bond donors (Lipinski definition) is 1. The van der Waals surface area contributed by atoms with Gasteiger partial charge in [0.1, 0.15) is 5.82 Å². The maximum absolute atomic E-state index is 8.40. The third kappa shape index (κ3) is 2.58. The monoisotopic (exact) mass is 209 g/mol. The third-order valence-electron chi connectivity index (χ3n) is 2.26. The van der Waals surface area contributed by atoms with Gasteiger partial charge in [-0.1, -0.05) is 24.3 Å². The lowest BCUT2D eigenvalue weighted by Gasteiger charge is -1.99. The average Bonchev–Trinajstić information content (AvgIpc) is 2.81. The first-order valence-electron chi connectivity index (χ1n) is 5.02. The Balaban J connectivity index is 2.08. The SMILES string of the molecule is N#CC=Cc1ccc(Cc2ncc[nH]2)cc1. The van der Waals surface area contributed by atoms with Crippen molar-refractivity contribution in [1.82, 2.24) is 9.97 Å². The Morgan fingerprint density at radius 2 is 2.12 bits per heavy atom. The van der Waals surface area contributed by atoms with Crippen LogP contribution in [0.2, 0.25) is 0 Å². The summed E-state index contributed by atoms with van der Waals surface area (Å²) >= 11 is 0. The summed E-state index contributed by atoms with van der Waals surface area (Å²) in [5.41, 5.74) is 2.23. The topological polar surface area (TPSA) is 52.5 Å². The Labute approximate surface area is 94.1 Å². The van der Waals surface area contributed by atoms with Gasteiger partial charge in [0.25, 0.3) is 0 Å². The van der Waals surface area contributed by atoms with E-state index in [0.29, 0.717) is 0 Å². The van der Waals surface area contributed by atoms with Gasteiger partial charge in [-0.05, 0) is 17.2 Å². The van der Waals surface area contributed by atoms with Crippen LogP contribution in [0.25, 0.3) is 6.08 Å². The highest BCUT2D eigenvalue weighted by molar-refractivity contribution is 5.52. The Morgan fingerprint density at radius 1 is 1.31 bits per heavy atom. The van der Waals surface area contributed by atoms with E-state index >= 15 is 0 Å². The van der Waals surface area contributed by atoms with E-state index in [1.807, 2.05) is 36.5 Å². The first kappa shape index (κ1) is 10.2. The molecule has 0 saturated heterocycles. The number of aromatic amines is 1. The van der Waals surface area contributed by atoms with Crippen LogP contribution in [0.3, 0.4) is 0 Å². The van der Waals surface area contributed by atoms with Crippen molar-refractivity contribution >= 4 is 6.08 Å². The van der Waals surface area contributed by atoms with Gasteiger partial charge in [0.15, 0.2) is 0 Å². The highest BCUT2D eigenvalue weighted by Crippen LogP contribution is 2.09. The summed E-state index contributed by atoms with van der Waals surface area (Å²) in [6, 6.07) is 10.0. The minimum atomic E-state index is 0.801. The van der Waals surface area contributed by atoms with E-state index in [9.17, 15) is 0 Å². The number of allylic oxidation sites excluding steroid dienone is 1. The molecule has 3 nitrogen and oxygen atoms in total. The molecule has 0 spiro atoms. The second kappa shape index (κ2) is 4.94. The van der Waals surface area contributed by atoms with Gasteiger partial charge in [-0.25, -0.2) is 4.98 Å². The number of benzene rings is 1. The van der Waals surface area contributed by atoms with Gasteiger partial charge in [-0.3, -0.25) is 0 Å². The summed E-state index contributed by atoms with van der Waals surface area (Å²) in [7, 11) is 0. The molecule has 0 bridgehead atoms. The lowest BCUT2D eigenvalue weighted by Crippen LogP contribution is -1.90. The van der Waals surface area contributed by atoms with Crippen LogP contribution < -0.4 is 0 Å². The fourth-order valence-corrected chi connectivity index (χ4v) is 1.47. The zero-order valence-corrected chi connectivity index (χ0v) is 8.72. The lowest BCUT2D eigenvalue weighted by atomic mass is 10.1. The first-order valence-corrected chi connectivity index (χ1v) is 5.02. The predicted octanol–water partition coefficient (Wildman–Crippen LogP) is 2.54. The molecule has 2 rings (SSSR count). The number of hydrogen-bond acceptors (Lipinski definition) is 2. The van der Waals surface area contributed by atoms with Gasteiger partial charge in [0, 0.05) is 24.9 Å². The van der Waals surface area contributed by atoms with E-state index in [4.69, 9.17) is 5.26 Å². The summed E-state index contributed by atoms with van der Waals surface area (Å²) < 4.78 is 0. The second-order valence-electron chi connectivity index (χ2n) is 3.42. The maximum atomic E-state index is 8.40. The highest BCUT2D eigenvalue weighted by Gasteiger charge is 1.97. The van der Waals surface area contributed by atoms with Crippen molar-refractivity contribution in [2.45, 2.75) is 6.42 Å². The summed E-state index contributed by atoms with van der Waals surface area (Å²) in [6.07, 6.45) is 7.63. The second-order valence-corrected chi connectivity index (χ2v) is 3.42. The Morgan fingerprint density at radius 3 is 2.75 bits per heavy atom. The molecule has 0 fully saturated rings. The molecule has 0 amide bonds. The van der Waals surface area contributed by atoms with E-state index in [2.05, 4.69) is 9.97 Å². The molecule has 78 valence electrons. The number of rotatable bonds is 3. The van der Waals surface area contributed by atoms with Gasteiger partial charge < -0.3 is 4.98 Å². The summed E-state index contributed by atoms with van der Waals surface area (Å²) in [5, 5.41) is 8.40. The van der Waals surface area contributed by atoms with Crippen LogP contribution in [0.5, 0.6) is 0 Å². The minimum Gasteiger partial charge on any atom is -0.348 e. The van der Waals surface area contributed by atoms with Gasteiger partial charge in [-0.2, -0.15) is 5.26 Å². The van der Waals surface area contributed by atoms with Crippen molar-refractivity contribution in [1.29, 1.82) is 5.26 Å². The first-order chi connectivity index (χ1) is 7.88. The number of nitrogens with zero attached hydrogens (tertiary/aromatic N) is 2. The van der Waals surface area contributed by atoms with Crippen LogP contribution in [-0.4, -0.2) is 9.97 Å². The summed E-state index contributed by atoms with van der Waals surface area (Å²) in [4.78, 5) is 7.24. The van der Waals surface area contributed by atoms with Crippen molar-refractivity contribution in [2.75, 3.05) is 0 Å². The zero-order chi connectivity index (χ0) is 11.2. The normalized spacial score (nSPS) is 10.4. The van der Waals surface area contributed by atoms with Gasteiger partial charge in [-0.15, -0.1) is 0 Å². The molecule has 0 radical (unpaired) electrons. The van der Waals surface area contributed by atoms with Gasteiger partial charge in [0.05, 0.1) is 6.07 Å². The van der Waals surface area contributed by atoms with E-state index < -0.39 is 0 Å². The maximum Gasteiger partial charge on any atom is 0.110 e. The quantitative estimate of drug-likeness (QED) is 0.790. The smallest absolute Gasteiger partial charge is 0.110 e. The molecule has 16 heavy (non-hydrogen) atoms. The van der Waals surface area contributed by atoms with Crippen LogP contribution in [0.15, 0.2) is 42.7 Å². The molecule has 3 heteroatoms. The standard InChI is InChI=1S/C13H11N3/c14-7-1-2-11-3-5-12(6-4-11)10-13-15-8-9-16-13/h1-6,8-9H,10H2,(H,15,16).